The molecule has 10 heteroatoms. The number of aromatic nitrogens is 1. The maximum atomic E-state index is 12.9. The number of alkyl halides is 3. The van der Waals surface area contributed by atoms with Crippen LogP contribution < -0.4 is 10.1 Å². The Morgan fingerprint density at radius 3 is 2.79 bits per heavy atom. The molecule has 1 aromatic heterocycles. The van der Waals surface area contributed by atoms with Crippen molar-refractivity contribution in [1.29, 1.82) is 5.26 Å². The van der Waals surface area contributed by atoms with E-state index in [1.807, 2.05) is 6.07 Å². The fourth-order valence-corrected chi connectivity index (χ4v) is 4.11. The second-order valence-corrected chi connectivity index (χ2v) is 8.94. The first-order valence-corrected chi connectivity index (χ1v) is 11.4. The van der Waals surface area contributed by atoms with Gasteiger partial charge in [-0.3, -0.25) is 10.1 Å². The van der Waals surface area contributed by atoms with Gasteiger partial charge >= 0.3 is 6.18 Å². The van der Waals surface area contributed by atoms with E-state index in [0.29, 0.717) is 21.8 Å². The van der Waals surface area contributed by atoms with Crippen molar-refractivity contribution in [3.63, 3.8) is 0 Å². The molecule has 0 saturated heterocycles. The molecule has 1 heterocycles. The van der Waals surface area contributed by atoms with Gasteiger partial charge in [0.25, 0.3) is 5.91 Å². The normalized spacial score (nSPS) is 11.6. The summed E-state index contributed by atoms with van der Waals surface area (Å²) in [6.07, 6.45) is 0.253. The molecule has 2 aromatic carbocycles. The Hall–Kier alpha value is -3.42. The summed E-state index contributed by atoms with van der Waals surface area (Å²) in [7, 11) is 0. The first kappa shape index (κ1) is 25.2. The summed E-state index contributed by atoms with van der Waals surface area (Å²) in [5.41, 5.74) is 0.0926. The van der Waals surface area contributed by atoms with Crippen LogP contribution in [0.1, 0.15) is 21.6 Å². The zero-order valence-corrected chi connectivity index (χ0v) is 19.9. The highest BCUT2D eigenvalue weighted by molar-refractivity contribution is 9.10. The summed E-state index contributed by atoms with van der Waals surface area (Å²) in [6, 6.07) is 12.1. The first-order chi connectivity index (χ1) is 16.2. The summed E-state index contributed by atoms with van der Waals surface area (Å²) in [6.45, 7) is 3.85. The lowest BCUT2D eigenvalue weighted by atomic mass is 10.1. The maximum Gasteiger partial charge on any atom is 0.416 e. The predicted molar refractivity (Wildman–Crippen MR) is 128 cm³/mol. The number of nitrogens with one attached hydrogen (secondary N) is 1. The number of carbonyl (C=O) groups excluding carboxylic acids is 1. The number of ether oxygens (including phenoxy) is 1. The quantitative estimate of drug-likeness (QED) is 0.195. The van der Waals surface area contributed by atoms with Crippen LogP contribution in [-0.2, 0) is 17.4 Å². The van der Waals surface area contributed by atoms with Gasteiger partial charge < -0.3 is 4.74 Å². The van der Waals surface area contributed by atoms with Gasteiger partial charge in [0, 0.05) is 27.5 Å². The molecule has 0 radical (unpaired) electrons. The van der Waals surface area contributed by atoms with Crippen molar-refractivity contribution < 1.29 is 22.7 Å². The van der Waals surface area contributed by atoms with Gasteiger partial charge in [0.15, 0.2) is 5.13 Å². The van der Waals surface area contributed by atoms with E-state index in [-0.39, 0.29) is 23.7 Å². The van der Waals surface area contributed by atoms with Crippen LogP contribution in [-0.4, -0.2) is 17.5 Å². The van der Waals surface area contributed by atoms with Crippen molar-refractivity contribution in [2.75, 3.05) is 11.9 Å². The number of halogens is 4. The molecule has 0 saturated carbocycles. The Morgan fingerprint density at radius 1 is 1.29 bits per heavy atom. The number of hydrogen-bond donors (Lipinski definition) is 1. The van der Waals surface area contributed by atoms with E-state index in [9.17, 15) is 23.2 Å². The molecule has 0 aliphatic rings. The molecule has 1 N–H and O–H groups in total. The molecule has 0 spiro atoms. The molecule has 1 amide bonds. The van der Waals surface area contributed by atoms with E-state index >= 15 is 0 Å². The molecular weight excluding hydrogens is 531 g/mol. The van der Waals surface area contributed by atoms with Gasteiger partial charge in [-0.05, 0) is 35.9 Å². The van der Waals surface area contributed by atoms with Crippen LogP contribution in [0.4, 0.5) is 18.3 Å². The topological polar surface area (TPSA) is 75.0 Å². The summed E-state index contributed by atoms with van der Waals surface area (Å²) in [4.78, 5) is 17.4. The van der Waals surface area contributed by atoms with Crippen molar-refractivity contribution in [3.8, 4) is 11.8 Å². The number of amides is 1. The third kappa shape index (κ3) is 6.79. The van der Waals surface area contributed by atoms with Crippen molar-refractivity contribution in [2.45, 2.75) is 12.6 Å². The molecule has 0 fully saturated rings. The Labute approximate surface area is 206 Å². The second-order valence-electron chi connectivity index (χ2n) is 6.91. The highest BCUT2D eigenvalue weighted by atomic mass is 79.9. The van der Waals surface area contributed by atoms with Gasteiger partial charge in [-0.1, -0.05) is 46.8 Å². The lowest BCUT2D eigenvalue weighted by Crippen LogP contribution is -2.13. The number of carbonyl (C=O) groups is 1. The maximum absolute atomic E-state index is 12.9. The molecule has 0 bridgehead atoms. The van der Waals surface area contributed by atoms with Crippen LogP contribution in [0.15, 0.2) is 71.4 Å². The van der Waals surface area contributed by atoms with E-state index in [2.05, 4.69) is 32.8 Å². The Kier molecular flexibility index (Phi) is 8.26. The molecule has 3 aromatic rings. The zero-order valence-electron chi connectivity index (χ0n) is 17.5. The number of hydrogen-bond acceptors (Lipinski definition) is 5. The fourth-order valence-electron chi connectivity index (χ4n) is 2.89. The van der Waals surface area contributed by atoms with Crippen molar-refractivity contribution in [3.05, 3.63) is 92.9 Å². The Morgan fingerprint density at radius 2 is 2.09 bits per heavy atom. The molecule has 3 rings (SSSR count). The highest BCUT2D eigenvalue weighted by Gasteiger charge is 2.30. The monoisotopic (exact) mass is 547 g/mol. The number of thiazole rings is 1. The van der Waals surface area contributed by atoms with Gasteiger partial charge in [0.1, 0.15) is 24.0 Å². The largest absolute Gasteiger partial charge is 0.489 e. The van der Waals surface area contributed by atoms with Crippen LogP contribution in [0.2, 0.25) is 0 Å². The van der Waals surface area contributed by atoms with Gasteiger partial charge in [-0.2, -0.15) is 18.4 Å². The Bertz CT molecular complexity index is 1280. The predicted octanol–water partition coefficient (Wildman–Crippen LogP) is 6.63. The lowest BCUT2D eigenvalue weighted by Gasteiger charge is -2.08. The third-order valence-electron chi connectivity index (χ3n) is 4.40. The number of nitrogens with zero attached hydrogens (tertiary/aromatic N) is 2. The molecule has 0 aliphatic heterocycles. The zero-order chi connectivity index (χ0) is 24.7. The number of anilines is 1. The minimum absolute atomic E-state index is 0.170. The average molecular weight is 548 g/mol. The number of nitriles is 1. The minimum Gasteiger partial charge on any atom is -0.489 e. The van der Waals surface area contributed by atoms with Crippen LogP contribution >= 0.6 is 27.3 Å². The molecule has 0 atom stereocenters. The van der Waals surface area contributed by atoms with Gasteiger partial charge in [-0.25, -0.2) is 4.98 Å². The summed E-state index contributed by atoms with van der Waals surface area (Å²) >= 11 is 4.47. The molecular formula is C24H17BrF3N3O2S. The van der Waals surface area contributed by atoms with E-state index in [4.69, 9.17) is 4.74 Å². The SMILES string of the molecule is C=CCOc1ccc(Br)cc1/C=C(\C#N)C(=O)Nc1ncc(Cc2cccc(C(F)(F)F)c2)s1. The summed E-state index contributed by atoms with van der Waals surface area (Å²) in [5.74, 6) is -0.196. The molecule has 0 unspecified atom stereocenters. The van der Waals surface area contributed by atoms with E-state index in [1.165, 1.54) is 18.3 Å². The molecule has 0 aliphatic carbocycles. The van der Waals surface area contributed by atoms with E-state index < -0.39 is 17.6 Å². The van der Waals surface area contributed by atoms with E-state index in [1.54, 1.807) is 30.3 Å². The van der Waals surface area contributed by atoms with Crippen LogP contribution in [0, 0.1) is 11.3 Å². The van der Waals surface area contributed by atoms with Gasteiger partial charge in [0.2, 0.25) is 0 Å². The van der Waals surface area contributed by atoms with Gasteiger partial charge in [0.05, 0.1) is 5.56 Å². The van der Waals surface area contributed by atoms with Crippen molar-refractivity contribution in [1.82, 2.24) is 4.98 Å². The standard InChI is InChI=1S/C24H17BrF3N3O2S/c1-2-8-33-21-7-6-19(25)12-16(21)11-17(13-29)22(32)31-23-30-14-20(34-23)10-15-4-3-5-18(9-15)24(26,27)28/h2-7,9,11-12,14H,1,8,10H2,(H,30,31,32)/b17-11+. The average Bonchev–Trinajstić information content (AvgIpc) is 3.22. The lowest BCUT2D eigenvalue weighted by molar-refractivity contribution is -0.137. The van der Waals surface area contributed by atoms with E-state index in [0.717, 1.165) is 27.9 Å². The molecule has 34 heavy (non-hydrogen) atoms. The summed E-state index contributed by atoms with van der Waals surface area (Å²) in [5, 5.41) is 12.3. The van der Waals surface area contributed by atoms with Crippen LogP contribution in [0.5, 0.6) is 5.75 Å². The number of benzene rings is 2. The van der Waals surface area contributed by atoms with Gasteiger partial charge in [-0.15, -0.1) is 11.3 Å². The minimum atomic E-state index is -4.42. The first-order valence-electron chi connectivity index (χ1n) is 9.77. The number of rotatable bonds is 8. The molecule has 5 nitrogen and oxygen atoms in total. The third-order valence-corrected chi connectivity index (χ3v) is 5.81. The van der Waals surface area contributed by atoms with Crippen molar-refractivity contribution >= 4 is 44.4 Å². The van der Waals surface area contributed by atoms with Crippen LogP contribution in [0.25, 0.3) is 6.08 Å². The summed E-state index contributed by atoms with van der Waals surface area (Å²) < 4.78 is 45.1. The van der Waals surface area contributed by atoms with Crippen LogP contribution in [0.3, 0.4) is 0 Å². The highest BCUT2D eigenvalue weighted by Crippen LogP contribution is 2.31. The Balaban J connectivity index is 1.74. The smallest absolute Gasteiger partial charge is 0.416 e. The fraction of sp³-hybridized carbons (Fsp3) is 0.125. The van der Waals surface area contributed by atoms with Crippen molar-refractivity contribution in [2.24, 2.45) is 0 Å². The second kappa shape index (κ2) is 11.1. The molecule has 174 valence electrons.